The van der Waals surface area contributed by atoms with Gasteiger partial charge in [0.25, 0.3) is 0 Å². The van der Waals surface area contributed by atoms with Gasteiger partial charge in [-0.05, 0) is 24.9 Å². The van der Waals surface area contributed by atoms with Crippen LogP contribution < -0.4 is 19.5 Å². The molecule has 6 nitrogen and oxygen atoms in total. The molecule has 1 saturated heterocycles. The van der Waals surface area contributed by atoms with Crippen LogP contribution in [0.2, 0.25) is 0 Å². The maximum Gasteiger partial charge on any atom is 0.216 e. The Hall–Kier alpha value is -1.95. The minimum Gasteiger partial charge on any atom is -0.496 e. The molecule has 1 amide bonds. The number of ether oxygens (including phenoxy) is 3. The van der Waals surface area contributed by atoms with Gasteiger partial charge in [0.2, 0.25) is 5.91 Å². The third-order valence-electron chi connectivity index (χ3n) is 4.55. The van der Waals surface area contributed by atoms with E-state index in [1.807, 2.05) is 12.1 Å². The molecule has 1 aromatic carbocycles. The van der Waals surface area contributed by atoms with Crippen LogP contribution in [0.1, 0.15) is 25.3 Å². The van der Waals surface area contributed by atoms with Gasteiger partial charge in [0.05, 0.1) is 20.3 Å². The van der Waals surface area contributed by atoms with E-state index in [4.69, 9.17) is 14.2 Å². The summed E-state index contributed by atoms with van der Waals surface area (Å²) >= 11 is 0. The first-order valence-corrected chi connectivity index (χ1v) is 8.59. The molecule has 0 aromatic heterocycles. The van der Waals surface area contributed by atoms with Crippen molar-refractivity contribution in [1.29, 1.82) is 0 Å². The Bertz CT molecular complexity index is 591. The summed E-state index contributed by atoms with van der Waals surface area (Å²) in [5.74, 6) is 2.96. The fourth-order valence-corrected chi connectivity index (χ4v) is 3.30. The van der Waals surface area contributed by atoms with E-state index < -0.39 is 0 Å². The molecule has 1 atom stereocenters. The highest BCUT2D eigenvalue weighted by atomic mass is 16.5. The van der Waals surface area contributed by atoms with E-state index >= 15 is 0 Å². The van der Waals surface area contributed by atoms with Gasteiger partial charge >= 0.3 is 0 Å². The van der Waals surface area contributed by atoms with Gasteiger partial charge in [-0.2, -0.15) is 0 Å². The number of nitrogens with zero attached hydrogens (tertiary/aromatic N) is 1. The highest BCUT2D eigenvalue weighted by molar-refractivity contribution is 5.72. The molecule has 1 N–H and O–H groups in total. The summed E-state index contributed by atoms with van der Waals surface area (Å²) in [6.45, 7) is 6.50. The molecule has 0 bridgehead atoms. The Morgan fingerprint density at radius 3 is 2.79 bits per heavy atom. The normalized spacial score (nSPS) is 20.5. The number of hydrogen-bond acceptors (Lipinski definition) is 5. The smallest absolute Gasteiger partial charge is 0.216 e. The molecule has 3 rings (SSSR count). The number of fused-ring (bicyclic) bond motifs is 1. The lowest BCUT2D eigenvalue weighted by Gasteiger charge is -2.19. The van der Waals surface area contributed by atoms with Crippen LogP contribution in [0, 0.1) is 5.92 Å². The second-order valence-corrected chi connectivity index (χ2v) is 6.49. The SMILES string of the molecule is COc1cc2c(cc1CN1CCC(CNC(C)=O)C1)OCCCO2. The first-order valence-electron chi connectivity index (χ1n) is 8.59. The van der Waals surface area contributed by atoms with Crippen molar-refractivity contribution in [3.05, 3.63) is 17.7 Å². The van der Waals surface area contributed by atoms with Crippen LogP contribution in [0.5, 0.6) is 17.2 Å². The third-order valence-corrected chi connectivity index (χ3v) is 4.55. The van der Waals surface area contributed by atoms with Gasteiger partial charge in [0.15, 0.2) is 11.5 Å². The Morgan fingerprint density at radius 1 is 1.33 bits per heavy atom. The topological polar surface area (TPSA) is 60.0 Å². The third kappa shape index (κ3) is 4.12. The van der Waals surface area contributed by atoms with E-state index in [-0.39, 0.29) is 5.91 Å². The zero-order valence-electron chi connectivity index (χ0n) is 14.5. The van der Waals surface area contributed by atoms with Crippen molar-refractivity contribution in [3.8, 4) is 17.2 Å². The summed E-state index contributed by atoms with van der Waals surface area (Å²) < 4.78 is 17.1. The number of hydrogen-bond donors (Lipinski definition) is 1. The average Bonchev–Trinajstić information content (AvgIpc) is 2.88. The van der Waals surface area contributed by atoms with Gasteiger partial charge in [-0.1, -0.05) is 0 Å². The fourth-order valence-electron chi connectivity index (χ4n) is 3.30. The lowest BCUT2D eigenvalue weighted by Crippen LogP contribution is -2.29. The van der Waals surface area contributed by atoms with Crippen LogP contribution in [0.25, 0.3) is 0 Å². The highest BCUT2D eigenvalue weighted by Gasteiger charge is 2.24. The molecule has 1 aromatic rings. The quantitative estimate of drug-likeness (QED) is 0.890. The van der Waals surface area contributed by atoms with Gasteiger partial charge in [0, 0.05) is 44.6 Å². The standard InChI is InChI=1S/C18H26N2O4/c1-13(21)19-10-14-4-5-20(11-14)12-15-8-17-18(9-16(15)22-2)24-7-3-6-23-17/h8-9,14H,3-7,10-12H2,1-2H3,(H,19,21). The van der Waals surface area contributed by atoms with Crippen LogP contribution >= 0.6 is 0 Å². The number of carbonyl (C=O) groups excluding carboxylic acids is 1. The predicted molar refractivity (Wildman–Crippen MR) is 90.7 cm³/mol. The fraction of sp³-hybridized carbons (Fsp3) is 0.611. The van der Waals surface area contributed by atoms with Crippen molar-refractivity contribution in [1.82, 2.24) is 10.2 Å². The van der Waals surface area contributed by atoms with E-state index in [9.17, 15) is 4.79 Å². The summed E-state index contributed by atoms with van der Waals surface area (Å²) in [4.78, 5) is 13.5. The molecule has 2 heterocycles. The van der Waals surface area contributed by atoms with Crippen LogP contribution in [0.3, 0.4) is 0 Å². The van der Waals surface area contributed by atoms with E-state index in [1.165, 1.54) is 0 Å². The summed E-state index contributed by atoms with van der Waals surface area (Å²) in [7, 11) is 1.69. The van der Waals surface area contributed by atoms with Crippen LogP contribution in [-0.4, -0.2) is 50.8 Å². The Morgan fingerprint density at radius 2 is 2.08 bits per heavy atom. The average molecular weight is 334 g/mol. The number of rotatable bonds is 5. The van der Waals surface area contributed by atoms with E-state index in [1.54, 1.807) is 14.0 Å². The van der Waals surface area contributed by atoms with Crippen molar-refractivity contribution in [2.75, 3.05) is 40.0 Å². The molecule has 0 aliphatic carbocycles. The molecule has 132 valence electrons. The van der Waals surface area contributed by atoms with Crippen molar-refractivity contribution in [2.24, 2.45) is 5.92 Å². The van der Waals surface area contributed by atoms with Crippen molar-refractivity contribution in [2.45, 2.75) is 26.3 Å². The number of likely N-dealkylation sites (tertiary alicyclic amines) is 1. The summed E-state index contributed by atoms with van der Waals surface area (Å²) in [5, 5.41) is 2.92. The molecule has 0 saturated carbocycles. The molecular weight excluding hydrogens is 308 g/mol. The minimum absolute atomic E-state index is 0.0398. The molecule has 2 aliphatic rings. The molecule has 0 spiro atoms. The summed E-state index contributed by atoms with van der Waals surface area (Å²) in [5.41, 5.74) is 1.11. The lowest BCUT2D eigenvalue weighted by molar-refractivity contribution is -0.119. The van der Waals surface area contributed by atoms with E-state index in [0.717, 1.165) is 61.8 Å². The summed E-state index contributed by atoms with van der Waals surface area (Å²) in [6, 6.07) is 3.97. The first kappa shape index (κ1) is 16.9. The van der Waals surface area contributed by atoms with Crippen molar-refractivity contribution >= 4 is 5.91 Å². The Kier molecular flexibility index (Phi) is 5.45. The zero-order valence-corrected chi connectivity index (χ0v) is 14.5. The minimum atomic E-state index is 0.0398. The molecule has 1 unspecified atom stereocenters. The molecule has 24 heavy (non-hydrogen) atoms. The molecule has 6 heteroatoms. The van der Waals surface area contributed by atoms with Gasteiger partial charge in [-0.15, -0.1) is 0 Å². The van der Waals surface area contributed by atoms with Crippen LogP contribution in [-0.2, 0) is 11.3 Å². The van der Waals surface area contributed by atoms with E-state index in [0.29, 0.717) is 19.1 Å². The largest absolute Gasteiger partial charge is 0.496 e. The Balaban J connectivity index is 1.66. The molecule has 0 radical (unpaired) electrons. The van der Waals surface area contributed by atoms with Gasteiger partial charge in [-0.3, -0.25) is 9.69 Å². The monoisotopic (exact) mass is 334 g/mol. The molecule has 2 aliphatic heterocycles. The highest BCUT2D eigenvalue weighted by Crippen LogP contribution is 2.37. The van der Waals surface area contributed by atoms with Gasteiger partial charge < -0.3 is 19.5 Å². The second-order valence-electron chi connectivity index (χ2n) is 6.49. The number of nitrogens with one attached hydrogen (secondary N) is 1. The number of methoxy groups -OCH3 is 1. The Labute approximate surface area is 143 Å². The first-order chi connectivity index (χ1) is 11.7. The van der Waals surface area contributed by atoms with Crippen molar-refractivity contribution < 1.29 is 19.0 Å². The molecular formula is C18H26N2O4. The second kappa shape index (κ2) is 7.75. The summed E-state index contributed by atoms with van der Waals surface area (Å²) in [6.07, 6.45) is 2.00. The maximum atomic E-state index is 11.1. The number of benzene rings is 1. The van der Waals surface area contributed by atoms with Crippen molar-refractivity contribution in [3.63, 3.8) is 0 Å². The number of carbonyl (C=O) groups is 1. The maximum absolute atomic E-state index is 11.1. The van der Waals surface area contributed by atoms with Crippen LogP contribution in [0.15, 0.2) is 12.1 Å². The van der Waals surface area contributed by atoms with E-state index in [2.05, 4.69) is 10.2 Å². The van der Waals surface area contributed by atoms with Gasteiger partial charge in [-0.25, -0.2) is 0 Å². The zero-order chi connectivity index (χ0) is 16.9. The predicted octanol–water partition coefficient (Wildman–Crippen LogP) is 1.81. The number of amides is 1. The molecule has 1 fully saturated rings. The lowest BCUT2D eigenvalue weighted by atomic mass is 10.1. The van der Waals surface area contributed by atoms with Crippen LogP contribution in [0.4, 0.5) is 0 Å². The van der Waals surface area contributed by atoms with Gasteiger partial charge in [0.1, 0.15) is 5.75 Å².